The summed E-state index contributed by atoms with van der Waals surface area (Å²) in [5, 5.41) is 0. The van der Waals surface area contributed by atoms with E-state index in [0.29, 0.717) is 66.7 Å². The van der Waals surface area contributed by atoms with E-state index in [1.807, 2.05) is 0 Å². The van der Waals surface area contributed by atoms with Gasteiger partial charge in [0, 0.05) is 0 Å². The summed E-state index contributed by atoms with van der Waals surface area (Å²) < 4.78 is 8.29. The number of hydrogen-bond acceptors (Lipinski definition) is 0. The van der Waals surface area contributed by atoms with Crippen LogP contribution in [0.15, 0.2) is 0 Å². The molecule has 0 aliphatic carbocycles. The molecule has 0 bridgehead atoms. The fourth-order valence-corrected chi connectivity index (χ4v) is 23.4. The maximum absolute atomic E-state index is 2.77. The fourth-order valence-electron chi connectivity index (χ4n) is 0.951. The van der Waals surface area contributed by atoms with Crippen LogP contribution in [0, 0.1) is 0 Å². The molecule has 0 fully saturated rings. The summed E-state index contributed by atoms with van der Waals surface area (Å²) in [6.45, 7) is 21.3. The average Bonchev–Trinajstić information content (AvgIpc) is 2.35. The van der Waals surface area contributed by atoms with Crippen molar-refractivity contribution in [3.05, 3.63) is 0 Å². The first kappa shape index (κ1) is 18.5. The van der Waals surface area contributed by atoms with Crippen molar-refractivity contribution in [1.82, 2.24) is 7.67 Å². The van der Waals surface area contributed by atoms with Crippen molar-refractivity contribution in [2.75, 3.05) is 0 Å². The molecule has 0 aromatic carbocycles. The van der Waals surface area contributed by atoms with E-state index in [9.17, 15) is 0 Å². The molecule has 0 spiro atoms. The molecular weight excluding hydrogens is 502 g/mol. The number of nitrogens with zero attached hydrogens (tertiary/aromatic N) is 3. The van der Waals surface area contributed by atoms with E-state index in [-0.39, 0.29) is 5.54 Å². The van der Waals surface area contributed by atoms with Gasteiger partial charge in [0.05, 0.1) is 0 Å². The Hall–Kier alpha value is 1.48. The van der Waals surface area contributed by atoms with Crippen molar-refractivity contribution in [2.45, 2.75) is 78.9 Å². The van der Waals surface area contributed by atoms with Gasteiger partial charge < -0.3 is 0 Å². The monoisotopic (exact) mass is 533 g/mol. The van der Waals surface area contributed by atoms with E-state index in [2.05, 4.69) is 70.0 Å². The van der Waals surface area contributed by atoms with Crippen LogP contribution < -0.4 is 0 Å². The van der Waals surface area contributed by atoms with Crippen LogP contribution in [0.5, 0.6) is 0 Å². The van der Waals surface area contributed by atoms with Crippen LogP contribution in [0.3, 0.4) is 0 Å². The number of aromatic nitrogens is 3. The molecular formula is C12H27N3Se4. The third-order valence-corrected chi connectivity index (χ3v) is 24.4. The SMILES string of the molecule is CC(C)(C)n1[se][se]n(C(C)(C)C)[se]n(C(C)(C)C)[se]1. The number of hydrogen-bond donors (Lipinski definition) is 0. The first-order valence-corrected chi connectivity index (χ1v) is 15.4. The average molecular weight is 529 g/mol. The zero-order valence-corrected chi connectivity index (χ0v) is 20.3. The molecule has 1 aromatic heterocycles. The number of rotatable bonds is 0. The quantitative estimate of drug-likeness (QED) is 0.456. The van der Waals surface area contributed by atoms with Gasteiger partial charge in [-0.3, -0.25) is 0 Å². The molecule has 19 heavy (non-hydrogen) atoms. The van der Waals surface area contributed by atoms with Crippen LogP contribution in [0.25, 0.3) is 0 Å². The maximum atomic E-state index is 2.77. The summed E-state index contributed by atoms with van der Waals surface area (Å²) >= 11 is 2.25. The molecule has 0 N–H and O–H groups in total. The second-order valence-electron chi connectivity index (χ2n) is 7.60. The molecule has 7 heteroatoms. The normalized spacial score (nSPS) is 13.5. The van der Waals surface area contributed by atoms with E-state index in [1.54, 1.807) is 0 Å². The second kappa shape index (κ2) is 6.30. The standard InChI is InChI=1S/C12H27N3Se4/c1-10(2,3)13-16-14(11(4,5)6)18-19-15(17-13)12(7,8)9/h1-9H3. The molecule has 0 saturated heterocycles. The summed E-state index contributed by atoms with van der Waals surface area (Å²) in [6.07, 6.45) is 0. The van der Waals surface area contributed by atoms with E-state index >= 15 is 0 Å². The Labute approximate surface area is 141 Å². The van der Waals surface area contributed by atoms with E-state index < -0.39 is 0 Å². The molecule has 0 aliphatic heterocycles. The second-order valence-corrected chi connectivity index (χ2v) is 20.3. The Morgan fingerprint density at radius 2 is 0.737 bits per heavy atom. The van der Waals surface area contributed by atoms with Crippen molar-refractivity contribution in [3.63, 3.8) is 0 Å². The molecule has 1 heterocycles. The van der Waals surface area contributed by atoms with Gasteiger partial charge in [0.15, 0.2) is 0 Å². The van der Waals surface area contributed by atoms with Crippen molar-refractivity contribution in [2.24, 2.45) is 0 Å². The Kier molecular flexibility index (Phi) is 6.15. The van der Waals surface area contributed by atoms with Gasteiger partial charge in [-0.1, -0.05) is 0 Å². The van der Waals surface area contributed by atoms with Gasteiger partial charge in [-0.2, -0.15) is 0 Å². The van der Waals surface area contributed by atoms with E-state index in [0.717, 1.165) is 0 Å². The molecule has 0 amide bonds. The molecule has 1 aromatic rings. The van der Waals surface area contributed by atoms with Gasteiger partial charge in [-0.25, -0.2) is 0 Å². The first-order chi connectivity index (χ1) is 8.32. The summed E-state index contributed by atoms with van der Waals surface area (Å²) in [7, 11) is 0. The molecule has 114 valence electrons. The zero-order chi connectivity index (χ0) is 15.1. The minimum absolute atomic E-state index is 0.281. The predicted octanol–water partition coefficient (Wildman–Crippen LogP) is 1.83. The summed E-state index contributed by atoms with van der Waals surface area (Å²) in [5.41, 5.74) is 0.911. The van der Waals surface area contributed by atoms with Crippen LogP contribution in [-0.4, -0.2) is 63.3 Å². The van der Waals surface area contributed by atoms with Crippen LogP contribution in [-0.2, 0) is 16.6 Å². The summed E-state index contributed by atoms with van der Waals surface area (Å²) in [5.74, 6) is 0. The molecule has 0 aliphatic rings. The van der Waals surface area contributed by atoms with Crippen LogP contribution in [0.2, 0.25) is 0 Å². The van der Waals surface area contributed by atoms with Crippen LogP contribution >= 0.6 is 0 Å². The minimum atomic E-state index is 0.281. The zero-order valence-electron chi connectivity index (χ0n) is 13.5. The third-order valence-electron chi connectivity index (χ3n) is 2.11. The van der Waals surface area contributed by atoms with Crippen LogP contribution in [0.4, 0.5) is 0 Å². The first-order valence-electron chi connectivity index (χ1n) is 6.43. The third kappa shape index (κ3) is 5.64. The summed E-state index contributed by atoms with van der Waals surface area (Å²) in [4.78, 5) is 0. The van der Waals surface area contributed by atoms with E-state index in [1.165, 1.54) is 0 Å². The summed E-state index contributed by atoms with van der Waals surface area (Å²) in [6, 6.07) is 0. The van der Waals surface area contributed by atoms with Gasteiger partial charge in [0.25, 0.3) is 0 Å². The van der Waals surface area contributed by atoms with Gasteiger partial charge in [0.1, 0.15) is 0 Å². The van der Waals surface area contributed by atoms with Gasteiger partial charge in [0.2, 0.25) is 0 Å². The van der Waals surface area contributed by atoms with Crippen molar-refractivity contribution >= 4 is 55.6 Å². The Morgan fingerprint density at radius 3 is 0.947 bits per heavy atom. The van der Waals surface area contributed by atoms with Crippen molar-refractivity contribution < 1.29 is 0 Å². The Morgan fingerprint density at radius 1 is 0.474 bits per heavy atom. The van der Waals surface area contributed by atoms with Crippen LogP contribution in [0.1, 0.15) is 62.3 Å². The van der Waals surface area contributed by atoms with Crippen molar-refractivity contribution in [3.8, 4) is 0 Å². The Bertz CT molecular complexity index is 439. The van der Waals surface area contributed by atoms with Gasteiger partial charge in [-0.15, -0.1) is 0 Å². The molecule has 0 unspecified atom stereocenters. The fraction of sp³-hybridized carbons (Fsp3) is 1.00. The van der Waals surface area contributed by atoms with Crippen molar-refractivity contribution in [1.29, 1.82) is 0 Å². The van der Waals surface area contributed by atoms with Gasteiger partial charge in [-0.05, 0) is 0 Å². The predicted molar refractivity (Wildman–Crippen MR) is 88.4 cm³/mol. The topological polar surface area (TPSA) is 14.8 Å². The molecule has 0 radical (unpaired) electrons. The molecule has 3 nitrogen and oxygen atoms in total. The Balaban J connectivity index is 3.59. The molecule has 0 saturated carbocycles. The molecule has 0 atom stereocenters. The van der Waals surface area contributed by atoms with Gasteiger partial charge >= 0.3 is 142 Å². The molecule has 1 rings (SSSR count). The van der Waals surface area contributed by atoms with E-state index in [4.69, 9.17) is 0 Å².